The van der Waals surface area contributed by atoms with E-state index >= 15 is 0 Å². The van der Waals surface area contributed by atoms with E-state index in [1.807, 2.05) is 0 Å². The van der Waals surface area contributed by atoms with Gasteiger partial charge in [0.05, 0.1) is 11.7 Å². The van der Waals surface area contributed by atoms with Crippen molar-refractivity contribution in [3.63, 3.8) is 0 Å². The zero-order valence-electron chi connectivity index (χ0n) is 12.7. The van der Waals surface area contributed by atoms with Crippen molar-refractivity contribution in [2.75, 3.05) is 0 Å². The summed E-state index contributed by atoms with van der Waals surface area (Å²) in [5, 5.41) is 12.6. The first kappa shape index (κ1) is 15.8. The quantitative estimate of drug-likeness (QED) is 0.802. The smallest absolute Gasteiger partial charge is 0.408 e. The Labute approximate surface area is 127 Å². The fourth-order valence-corrected chi connectivity index (χ4v) is 2.07. The Bertz CT molecular complexity index is 687. The summed E-state index contributed by atoms with van der Waals surface area (Å²) in [6.45, 7) is 5.15. The van der Waals surface area contributed by atoms with Crippen LogP contribution in [0.25, 0.3) is 10.9 Å². The van der Waals surface area contributed by atoms with E-state index in [2.05, 4.69) is 15.3 Å². The van der Waals surface area contributed by atoms with E-state index in [-0.39, 0.29) is 6.42 Å². The van der Waals surface area contributed by atoms with Gasteiger partial charge in [0.15, 0.2) is 0 Å². The predicted molar refractivity (Wildman–Crippen MR) is 80.6 cm³/mol. The highest BCUT2D eigenvalue weighted by atomic mass is 16.6. The molecule has 118 valence electrons. The molecule has 2 aromatic rings. The number of aliphatic carboxylic acids is 1. The van der Waals surface area contributed by atoms with Gasteiger partial charge in [0, 0.05) is 24.2 Å². The van der Waals surface area contributed by atoms with Gasteiger partial charge in [-0.3, -0.25) is 4.98 Å². The number of H-pyrrole nitrogens is 1. The minimum atomic E-state index is -1.12. The Morgan fingerprint density at radius 2 is 2.18 bits per heavy atom. The summed E-state index contributed by atoms with van der Waals surface area (Å²) >= 11 is 0. The monoisotopic (exact) mass is 305 g/mol. The molecule has 7 heteroatoms. The highest BCUT2D eigenvalue weighted by Crippen LogP contribution is 2.18. The Morgan fingerprint density at radius 3 is 2.82 bits per heavy atom. The normalized spacial score (nSPS) is 12.9. The standard InChI is InChI=1S/C15H19N3O4/c1-15(2,3)22-14(21)18-11(13(19)20)6-9-7-17-12-8-16-5-4-10(9)12/h4-5,7-8,11,17H,6H2,1-3H3,(H,18,21)(H,19,20). The van der Waals surface area contributed by atoms with Gasteiger partial charge in [-0.05, 0) is 32.4 Å². The maximum Gasteiger partial charge on any atom is 0.408 e. The van der Waals surface area contributed by atoms with Crippen LogP contribution < -0.4 is 5.32 Å². The van der Waals surface area contributed by atoms with E-state index in [0.29, 0.717) is 0 Å². The second-order valence-electron chi connectivity index (χ2n) is 5.98. The number of nitrogens with zero attached hydrogens (tertiary/aromatic N) is 1. The van der Waals surface area contributed by atoms with Gasteiger partial charge in [0.2, 0.25) is 0 Å². The van der Waals surface area contributed by atoms with Crippen LogP contribution in [0, 0.1) is 0 Å². The topological polar surface area (TPSA) is 104 Å². The third-order valence-corrected chi connectivity index (χ3v) is 2.98. The number of fused-ring (bicyclic) bond motifs is 1. The minimum absolute atomic E-state index is 0.151. The lowest BCUT2D eigenvalue weighted by Crippen LogP contribution is -2.44. The second kappa shape index (κ2) is 6.05. The van der Waals surface area contributed by atoms with Gasteiger partial charge in [-0.25, -0.2) is 9.59 Å². The molecule has 2 rings (SSSR count). The van der Waals surface area contributed by atoms with Gasteiger partial charge in [-0.1, -0.05) is 0 Å². The van der Waals surface area contributed by atoms with E-state index < -0.39 is 23.7 Å². The van der Waals surface area contributed by atoms with E-state index in [1.165, 1.54) is 0 Å². The number of rotatable bonds is 4. The zero-order valence-corrected chi connectivity index (χ0v) is 12.7. The summed E-state index contributed by atoms with van der Waals surface area (Å²) in [6, 6.07) is 0.732. The van der Waals surface area contributed by atoms with Crippen LogP contribution in [0.1, 0.15) is 26.3 Å². The van der Waals surface area contributed by atoms with Crippen molar-refractivity contribution in [3.8, 4) is 0 Å². The number of hydrogen-bond donors (Lipinski definition) is 3. The number of hydrogen-bond acceptors (Lipinski definition) is 4. The van der Waals surface area contributed by atoms with Crippen LogP contribution in [-0.2, 0) is 16.0 Å². The van der Waals surface area contributed by atoms with Gasteiger partial charge in [0.1, 0.15) is 11.6 Å². The number of amides is 1. The van der Waals surface area contributed by atoms with Gasteiger partial charge < -0.3 is 20.1 Å². The van der Waals surface area contributed by atoms with Crippen molar-refractivity contribution < 1.29 is 19.4 Å². The fourth-order valence-electron chi connectivity index (χ4n) is 2.07. The predicted octanol–water partition coefficient (Wildman–Crippen LogP) is 2.08. The van der Waals surface area contributed by atoms with Crippen LogP contribution in [0.15, 0.2) is 24.7 Å². The number of pyridine rings is 1. The van der Waals surface area contributed by atoms with Crippen molar-refractivity contribution in [2.45, 2.75) is 38.8 Å². The van der Waals surface area contributed by atoms with Crippen molar-refractivity contribution >= 4 is 23.0 Å². The molecular weight excluding hydrogens is 286 g/mol. The first-order valence-electron chi connectivity index (χ1n) is 6.88. The first-order valence-corrected chi connectivity index (χ1v) is 6.88. The molecule has 0 saturated heterocycles. The van der Waals surface area contributed by atoms with Crippen molar-refractivity contribution in [3.05, 3.63) is 30.2 Å². The van der Waals surface area contributed by atoms with E-state index in [1.54, 1.807) is 45.4 Å². The van der Waals surface area contributed by atoms with Crippen LogP contribution in [0.5, 0.6) is 0 Å². The number of carbonyl (C=O) groups excluding carboxylic acids is 1. The van der Waals surface area contributed by atoms with Crippen LogP contribution in [0.2, 0.25) is 0 Å². The number of alkyl carbamates (subject to hydrolysis) is 1. The molecule has 7 nitrogen and oxygen atoms in total. The average Bonchev–Trinajstić information content (AvgIpc) is 2.79. The van der Waals surface area contributed by atoms with Gasteiger partial charge in [-0.15, -0.1) is 0 Å². The molecule has 0 aliphatic rings. The van der Waals surface area contributed by atoms with Crippen molar-refractivity contribution in [1.29, 1.82) is 0 Å². The van der Waals surface area contributed by atoms with Gasteiger partial charge in [-0.2, -0.15) is 0 Å². The van der Waals surface area contributed by atoms with Crippen molar-refractivity contribution in [1.82, 2.24) is 15.3 Å². The molecule has 2 aromatic heterocycles. The molecule has 0 fully saturated rings. The lowest BCUT2D eigenvalue weighted by molar-refractivity contribution is -0.139. The molecule has 0 radical (unpaired) electrons. The number of nitrogens with one attached hydrogen (secondary N) is 2. The average molecular weight is 305 g/mol. The number of aromatic nitrogens is 2. The van der Waals surface area contributed by atoms with E-state index in [9.17, 15) is 14.7 Å². The number of ether oxygens (including phenoxy) is 1. The number of carbonyl (C=O) groups is 2. The number of carboxylic acid groups (broad SMARTS) is 1. The summed E-state index contributed by atoms with van der Waals surface area (Å²) in [7, 11) is 0. The fraction of sp³-hybridized carbons (Fsp3) is 0.400. The third kappa shape index (κ3) is 3.97. The van der Waals surface area contributed by atoms with Crippen LogP contribution in [-0.4, -0.2) is 38.8 Å². The molecule has 0 aliphatic heterocycles. The van der Waals surface area contributed by atoms with Crippen LogP contribution in [0.3, 0.4) is 0 Å². The summed E-state index contributed by atoms with van der Waals surface area (Å²) in [5.74, 6) is -1.12. The Morgan fingerprint density at radius 1 is 1.45 bits per heavy atom. The molecule has 0 saturated carbocycles. The first-order chi connectivity index (χ1) is 10.3. The summed E-state index contributed by atoms with van der Waals surface area (Å²) < 4.78 is 5.09. The van der Waals surface area contributed by atoms with Gasteiger partial charge in [0.25, 0.3) is 0 Å². The maximum atomic E-state index is 11.8. The van der Waals surface area contributed by atoms with Crippen LogP contribution in [0.4, 0.5) is 4.79 Å². The molecule has 1 atom stereocenters. The van der Waals surface area contributed by atoms with E-state index in [0.717, 1.165) is 16.5 Å². The van der Waals surface area contributed by atoms with Crippen LogP contribution >= 0.6 is 0 Å². The summed E-state index contributed by atoms with van der Waals surface area (Å²) in [6.07, 6.45) is 4.42. The second-order valence-corrected chi connectivity index (χ2v) is 5.98. The molecule has 0 spiro atoms. The molecule has 2 heterocycles. The molecule has 22 heavy (non-hydrogen) atoms. The highest BCUT2D eigenvalue weighted by molar-refractivity contribution is 5.85. The molecular formula is C15H19N3O4. The molecule has 0 aromatic carbocycles. The number of carboxylic acids is 1. The van der Waals surface area contributed by atoms with Gasteiger partial charge >= 0.3 is 12.1 Å². The molecule has 1 unspecified atom stereocenters. The SMILES string of the molecule is CC(C)(C)OC(=O)NC(Cc1c[nH]c2cnccc12)C(=O)O. The summed E-state index contributed by atoms with van der Waals surface area (Å²) in [5.41, 5.74) is 0.930. The molecule has 1 amide bonds. The maximum absolute atomic E-state index is 11.8. The highest BCUT2D eigenvalue weighted by Gasteiger charge is 2.25. The summed E-state index contributed by atoms with van der Waals surface area (Å²) in [4.78, 5) is 30.1. The zero-order chi connectivity index (χ0) is 16.3. The molecule has 3 N–H and O–H groups in total. The molecule has 0 aliphatic carbocycles. The number of aromatic amines is 1. The molecule has 0 bridgehead atoms. The lowest BCUT2D eigenvalue weighted by atomic mass is 10.1. The lowest BCUT2D eigenvalue weighted by Gasteiger charge is -2.21. The Hall–Kier alpha value is -2.57. The minimum Gasteiger partial charge on any atom is -0.480 e. The third-order valence-electron chi connectivity index (χ3n) is 2.98. The largest absolute Gasteiger partial charge is 0.480 e. The Kier molecular flexibility index (Phi) is 4.35. The Balaban J connectivity index is 2.12. The van der Waals surface area contributed by atoms with Crippen molar-refractivity contribution in [2.24, 2.45) is 0 Å². The van der Waals surface area contributed by atoms with E-state index in [4.69, 9.17) is 4.74 Å².